The van der Waals surface area contributed by atoms with Crippen LogP contribution in [0.4, 0.5) is 0 Å². The molecule has 0 N–H and O–H groups in total. The Morgan fingerprint density at radius 2 is 1.77 bits per heavy atom. The fourth-order valence-corrected chi connectivity index (χ4v) is 4.41. The van der Waals surface area contributed by atoms with Crippen LogP contribution in [-0.4, -0.2) is 23.1 Å². The molecule has 1 amide bonds. The Balaban J connectivity index is 1.95. The summed E-state index contributed by atoms with van der Waals surface area (Å²) in [7, 11) is 0. The minimum atomic E-state index is -0.144. The van der Waals surface area contributed by atoms with Gasteiger partial charge in [0.2, 0.25) is 0 Å². The summed E-state index contributed by atoms with van der Waals surface area (Å²) >= 11 is 20.2. The monoisotopic (exact) mass is 371 g/mol. The zero-order valence-corrected chi connectivity index (χ0v) is 14.5. The maximum absolute atomic E-state index is 12.8. The SMILES string of the molecule is O=C(c1ccccc1Cl)N1CCS[C@H]1c1cccc(Cl)c1Cl. The lowest BCUT2D eigenvalue weighted by atomic mass is 10.1. The van der Waals surface area contributed by atoms with E-state index >= 15 is 0 Å². The van der Waals surface area contributed by atoms with Crippen molar-refractivity contribution in [2.45, 2.75) is 5.37 Å². The summed E-state index contributed by atoms with van der Waals surface area (Å²) in [6, 6.07) is 12.6. The summed E-state index contributed by atoms with van der Waals surface area (Å²) in [5, 5.41) is 1.31. The van der Waals surface area contributed by atoms with Gasteiger partial charge in [0.15, 0.2) is 0 Å². The lowest BCUT2D eigenvalue weighted by molar-refractivity contribution is 0.0760. The molecule has 2 aromatic rings. The van der Waals surface area contributed by atoms with Gasteiger partial charge >= 0.3 is 0 Å². The summed E-state index contributed by atoms with van der Waals surface area (Å²) < 4.78 is 0. The summed E-state index contributed by atoms with van der Waals surface area (Å²) in [5.74, 6) is 0.764. The normalized spacial score (nSPS) is 17.8. The molecule has 114 valence electrons. The third-order valence-electron chi connectivity index (χ3n) is 3.50. The van der Waals surface area contributed by atoms with Gasteiger partial charge < -0.3 is 4.90 Å². The van der Waals surface area contributed by atoms with Gasteiger partial charge in [-0.05, 0) is 18.2 Å². The number of nitrogens with zero attached hydrogens (tertiary/aromatic N) is 1. The van der Waals surface area contributed by atoms with Crippen LogP contribution >= 0.6 is 46.6 Å². The molecule has 0 unspecified atom stereocenters. The molecular formula is C16H12Cl3NOS. The second-order valence-corrected chi connectivity index (χ2v) is 7.23. The second-order valence-electron chi connectivity index (χ2n) is 4.84. The number of amides is 1. The molecule has 22 heavy (non-hydrogen) atoms. The molecule has 2 aromatic carbocycles. The Morgan fingerprint density at radius 1 is 1.05 bits per heavy atom. The predicted molar refractivity (Wildman–Crippen MR) is 94.1 cm³/mol. The number of rotatable bonds is 2. The largest absolute Gasteiger partial charge is 0.322 e. The van der Waals surface area contributed by atoms with Crippen LogP contribution in [0.15, 0.2) is 42.5 Å². The summed E-state index contributed by atoms with van der Waals surface area (Å²) in [4.78, 5) is 14.6. The van der Waals surface area contributed by atoms with Crippen LogP contribution in [-0.2, 0) is 0 Å². The van der Waals surface area contributed by atoms with Crippen LogP contribution in [0.5, 0.6) is 0 Å². The minimum absolute atomic E-state index is 0.0864. The standard InChI is InChI=1S/C16H12Cl3NOS/c17-12-6-2-1-4-10(12)15(21)20-8-9-22-16(20)11-5-3-7-13(18)14(11)19/h1-7,16H,8-9H2/t16-/m0/s1. The topological polar surface area (TPSA) is 20.3 Å². The average Bonchev–Trinajstić information content (AvgIpc) is 2.99. The first-order chi connectivity index (χ1) is 10.6. The Bertz CT molecular complexity index is 722. The van der Waals surface area contributed by atoms with E-state index in [1.807, 2.05) is 24.3 Å². The van der Waals surface area contributed by atoms with Gasteiger partial charge in [0.05, 0.1) is 20.6 Å². The summed E-state index contributed by atoms with van der Waals surface area (Å²) in [6.07, 6.45) is 0. The van der Waals surface area contributed by atoms with Crippen LogP contribution in [0, 0.1) is 0 Å². The fraction of sp³-hybridized carbons (Fsp3) is 0.188. The first-order valence-electron chi connectivity index (χ1n) is 6.70. The fourth-order valence-electron chi connectivity index (χ4n) is 2.44. The molecule has 0 spiro atoms. The van der Waals surface area contributed by atoms with E-state index in [0.717, 1.165) is 11.3 Å². The minimum Gasteiger partial charge on any atom is -0.322 e. The van der Waals surface area contributed by atoms with Crippen LogP contribution in [0.25, 0.3) is 0 Å². The number of benzene rings is 2. The Labute approximate surface area is 148 Å². The van der Waals surface area contributed by atoms with Crippen molar-refractivity contribution in [2.24, 2.45) is 0 Å². The van der Waals surface area contributed by atoms with E-state index in [1.54, 1.807) is 34.9 Å². The van der Waals surface area contributed by atoms with Gasteiger partial charge in [-0.15, -0.1) is 11.8 Å². The van der Waals surface area contributed by atoms with E-state index in [-0.39, 0.29) is 11.3 Å². The van der Waals surface area contributed by atoms with E-state index in [4.69, 9.17) is 34.8 Å². The number of hydrogen-bond acceptors (Lipinski definition) is 2. The van der Waals surface area contributed by atoms with Gasteiger partial charge in [-0.1, -0.05) is 59.1 Å². The smallest absolute Gasteiger partial charge is 0.256 e. The van der Waals surface area contributed by atoms with E-state index < -0.39 is 0 Å². The molecule has 0 aliphatic carbocycles. The Kier molecular flexibility index (Phi) is 4.88. The Morgan fingerprint density at radius 3 is 2.55 bits per heavy atom. The number of halogens is 3. The van der Waals surface area contributed by atoms with Crippen LogP contribution < -0.4 is 0 Å². The van der Waals surface area contributed by atoms with Gasteiger partial charge in [-0.2, -0.15) is 0 Å². The van der Waals surface area contributed by atoms with Crippen molar-refractivity contribution >= 4 is 52.5 Å². The molecule has 1 aliphatic heterocycles. The highest BCUT2D eigenvalue weighted by molar-refractivity contribution is 7.99. The molecule has 3 rings (SSSR count). The quantitative estimate of drug-likeness (QED) is 0.690. The molecule has 1 saturated heterocycles. The summed E-state index contributed by atoms with van der Waals surface area (Å²) in [5.41, 5.74) is 1.37. The molecule has 6 heteroatoms. The predicted octanol–water partition coefficient (Wildman–Crippen LogP) is 5.53. The van der Waals surface area contributed by atoms with Gasteiger partial charge in [-0.3, -0.25) is 4.79 Å². The molecule has 0 aromatic heterocycles. The molecular weight excluding hydrogens is 361 g/mol. The third kappa shape index (κ3) is 2.95. The van der Waals surface area contributed by atoms with Crippen molar-refractivity contribution in [2.75, 3.05) is 12.3 Å². The van der Waals surface area contributed by atoms with Gasteiger partial charge in [-0.25, -0.2) is 0 Å². The van der Waals surface area contributed by atoms with Crippen molar-refractivity contribution in [1.29, 1.82) is 0 Å². The molecule has 1 aliphatic rings. The number of carbonyl (C=O) groups is 1. The first kappa shape index (κ1) is 16.0. The van der Waals surface area contributed by atoms with Crippen molar-refractivity contribution in [1.82, 2.24) is 4.90 Å². The summed E-state index contributed by atoms with van der Waals surface area (Å²) in [6.45, 7) is 0.655. The molecule has 0 radical (unpaired) electrons. The highest BCUT2D eigenvalue weighted by Gasteiger charge is 2.33. The van der Waals surface area contributed by atoms with Gasteiger partial charge in [0.1, 0.15) is 5.37 Å². The Hall–Kier alpha value is -0.870. The number of carbonyl (C=O) groups excluding carboxylic acids is 1. The van der Waals surface area contributed by atoms with E-state index in [1.165, 1.54) is 0 Å². The lowest BCUT2D eigenvalue weighted by Crippen LogP contribution is -2.30. The number of hydrogen-bond donors (Lipinski definition) is 0. The zero-order chi connectivity index (χ0) is 15.7. The molecule has 0 saturated carbocycles. The highest BCUT2D eigenvalue weighted by atomic mass is 35.5. The maximum Gasteiger partial charge on any atom is 0.256 e. The van der Waals surface area contributed by atoms with E-state index in [2.05, 4.69) is 0 Å². The van der Waals surface area contributed by atoms with Gasteiger partial charge in [0.25, 0.3) is 5.91 Å². The zero-order valence-electron chi connectivity index (χ0n) is 11.4. The molecule has 1 fully saturated rings. The van der Waals surface area contributed by atoms with Crippen molar-refractivity contribution in [3.05, 3.63) is 68.7 Å². The van der Waals surface area contributed by atoms with Crippen LogP contribution in [0.3, 0.4) is 0 Å². The number of thioether (sulfide) groups is 1. The van der Waals surface area contributed by atoms with E-state index in [9.17, 15) is 4.79 Å². The van der Waals surface area contributed by atoms with E-state index in [0.29, 0.717) is 27.2 Å². The molecule has 2 nitrogen and oxygen atoms in total. The van der Waals surface area contributed by atoms with Crippen molar-refractivity contribution in [3.8, 4) is 0 Å². The van der Waals surface area contributed by atoms with Crippen LogP contribution in [0.2, 0.25) is 15.1 Å². The first-order valence-corrected chi connectivity index (χ1v) is 8.89. The lowest BCUT2D eigenvalue weighted by Gasteiger charge is -2.25. The highest BCUT2D eigenvalue weighted by Crippen LogP contribution is 2.43. The molecule has 1 atom stereocenters. The maximum atomic E-state index is 12.8. The molecule has 1 heterocycles. The molecule has 0 bridgehead atoms. The third-order valence-corrected chi connectivity index (χ3v) is 5.91. The van der Waals surface area contributed by atoms with Crippen molar-refractivity contribution in [3.63, 3.8) is 0 Å². The average molecular weight is 373 g/mol. The second kappa shape index (κ2) is 6.71. The van der Waals surface area contributed by atoms with Crippen LogP contribution in [0.1, 0.15) is 21.3 Å². The van der Waals surface area contributed by atoms with Crippen molar-refractivity contribution < 1.29 is 4.79 Å². The van der Waals surface area contributed by atoms with Gasteiger partial charge in [0, 0.05) is 17.9 Å².